The summed E-state index contributed by atoms with van der Waals surface area (Å²) in [5.41, 5.74) is 4.29. The summed E-state index contributed by atoms with van der Waals surface area (Å²) in [6.07, 6.45) is 1.80. The second-order valence-corrected chi connectivity index (χ2v) is 5.96. The summed E-state index contributed by atoms with van der Waals surface area (Å²) in [6, 6.07) is 9.43. The maximum absolute atomic E-state index is 12.2. The number of anilines is 1. The van der Waals surface area contributed by atoms with Crippen molar-refractivity contribution in [1.29, 1.82) is 0 Å². The number of aryl methyl sites for hydroxylation is 3. The molecule has 0 radical (unpaired) electrons. The Morgan fingerprint density at radius 3 is 2.48 bits per heavy atom. The van der Waals surface area contributed by atoms with Gasteiger partial charge in [0.1, 0.15) is 0 Å². The predicted molar refractivity (Wildman–Crippen MR) is 94.1 cm³/mol. The van der Waals surface area contributed by atoms with Crippen molar-refractivity contribution in [3.63, 3.8) is 0 Å². The van der Waals surface area contributed by atoms with Crippen LogP contribution in [0.2, 0.25) is 0 Å². The number of hydrogen-bond donors (Lipinski definition) is 2. The van der Waals surface area contributed by atoms with E-state index >= 15 is 0 Å². The zero-order chi connectivity index (χ0) is 18.0. The molecular weight excluding hydrogens is 318 g/mol. The van der Waals surface area contributed by atoms with Gasteiger partial charge in [-0.05, 0) is 44.0 Å². The van der Waals surface area contributed by atoms with Gasteiger partial charge in [-0.3, -0.25) is 14.0 Å². The first-order chi connectivity index (χ1) is 12.0. The first kappa shape index (κ1) is 16.6. The average molecular weight is 337 g/mol. The van der Waals surface area contributed by atoms with Crippen LogP contribution in [0.3, 0.4) is 0 Å². The minimum absolute atomic E-state index is 0.114. The monoisotopic (exact) mass is 337 g/mol. The molecule has 0 aliphatic carbocycles. The molecule has 2 aromatic heterocycles. The van der Waals surface area contributed by atoms with E-state index in [9.17, 15) is 9.59 Å². The van der Waals surface area contributed by atoms with E-state index in [1.54, 1.807) is 10.6 Å². The fraction of sp³-hybridized carbons (Fsp3) is 0.222. The third-order valence-electron chi connectivity index (χ3n) is 3.91. The molecule has 2 N–H and O–H groups in total. The van der Waals surface area contributed by atoms with Crippen LogP contribution in [-0.2, 0) is 16.1 Å². The van der Waals surface area contributed by atoms with E-state index in [0.29, 0.717) is 17.2 Å². The van der Waals surface area contributed by atoms with Crippen molar-refractivity contribution >= 4 is 23.1 Å². The van der Waals surface area contributed by atoms with Crippen LogP contribution < -0.4 is 10.6 Å². The van der Waals surface area contributed by atoms with E-state index in [0.717, 1.165) is 16.7 Å². The Kier molecular flexibility index (Phi) is 4.47. The number of benzene rings is 1. The number of pyridine rings is 1. The largest absolute Gasteiger partial charge is 0.341 e. The van der Waals surface area contributed by atoms with Gasteiger partial charge in [-0.1, -0.05) is 23.8 Å². The lowest BCUT2D eigenvalue weighted by molar-refractivity contribution is -0.136. The third kappa shape index (κ3) is 3.50. The highest BCUT2D eigenvalue weighted by molar-refractivity contribution is 6.39. The van der Waals surface area contributed by atoms with Crippen LogP contribution >= 0.6 is 0 Å². The van der Waals surface area contributed by atoms with Gasteiger partial charge >= 0.3 is 11.8 Å². The molecule has 0 aliphatic heterocycles. The smallest absolute Gasteiger partial charge is 0.313 e. The molecule has 7 heteroatoms. The van der Waals surface area contributed by atoms with Gasteiger partial charge in [-0.25, -0.2) is 0 Å². The lowest BCUT2D eigenvalue weighted by Crippen LogP contribution is -2.35. The molecule has 0 saturated heterocycles. The normalized spacial score (nSPS) is 10.7. The molecule has 0 saturated carbocycles. The van der Waals surface area contributed by atoms with Crippen molar-refractivity contribution in [2.75, 3.05) is 5.32 Å². The average Bonchev–Trinajstić information content (AvgIpc) is 2.99. The number of carbonyl (C=O) groups is 2. The lowest BCUT2D eigenvalue weighted by atomic mass is 10.1. The third-order valence-corrected chi connectivity index (χ3v) is 3.91. The van der Waals surface area contributed by atoms with Crippen molar-refractivity contribution in [2.24, 2.45) is 0 Å². The summed E-state index contributed by atoms with van der Waals surface area (Å²) in [5.74, 6) is -0.865. The highest BCUT2D eigenvalue weighted by atomic mass is 16.2. The van der Waals surface area contributed by atoms with Crippen molar-refractivity contribution in [1.82, 2.24) is 19.9 Å². The van der Waals surface area contributed by atoms with Gasteiger partial charge < -0.3 is 10.6 Å². The predicted octanol–water partition coefficient (Wildman–Crippen LogP) is 1.91. The Morgan fingerprint density at radius 1 is 1.04 bits per heavy atom. The number of nitrogens with one attached hydrogen (secondary N) is 2. The molecule has 128 valence electrons. The number of amides is 2. The Balaban J connectivity index is 1.66. The molecule has 0 atom stereocenters. The molecule has 0 fully saturated rings. The molecule has 2 amide bonds. The Hall–Kier alpha value is -3.22. The van der Waals surface area contributed by atoms with Gasteiger partial charge in [-0.2, -0.15) is 0 Å². The highest BCUT2D eigenvalue weighted by Crippen LogP contribution is 2.21. The van der Waals surface area contributed by atoms with Crippen molar-refractivity contribution in [3.05, 3.63) is 59.0 Å². The lowest BCUT2D eigenvalue weighted by Gasteiger charge is -2.12. The molecule has 3 aromatic rings. The number of fused-ring (bicyclic) bond motifs is 1. The van der Waals surface area contributed by atoms with Gasteiger partial charge in [0.25, 0.3) is 0 Å². The van der Waals surface area contributed by atoms with Crippen LogP contribution in [0, 0.1) is 20.8 Å². The first-order valence-electron chi connectivity index (χ1n) is 7.91. The van der Waals surface area contributed by atoms with E-state index in [1.165, 1.54) is 0 Å². The topological polar surface area (TPSA) is 88.4 Å². The van der Waals surface area contributed by atoms with Crippen LogP contribution in [0.15, 0.2) is 36.5 Å². The SMILES string of the molecule is Cc1cc(C)c(NC(=O)C(=O)NCc2nnc3ccccn23)c(C)c1. The van der Waals surface area contributed by atoms with E-state index in [4.69, 9.17) is 0 Å². The number of carbonyl (C=O) groups excluding carboxylic acids is 2. The number of aromatic nitrogens is 3. The van der Waals surface area contributed by atoms with Crippen LogP contribution in [0.5, 0.6) is 0 Å². The van der Waals surface area contributed by atoms with Crippen molar-refractivity contribution < 1.29 is 9.59 Å². The van der Waals surface area contributed by atoms with E-state index in [1.807, 2.05) is 51.1 Å². The van der Waals surface area contributed by atoms with Gasteiger partial charge in [0, 0.05) is 11.9 Å². The number of nitrogens with zero attached hydrogens (tertiary/aromatic N) is 3. The van der Waals surface area contributed by atoms with Gasteiger partial charge in [-0.15, -0.1) is 10.2 Å². The maximum Gasteiger partial charge on any atom is 0.313 e. The molecule has 0 spiro atoms. The minimum atomic E-state index is -0.716. The Bertz CT molecular complexity index is 938. The van der Waals surface area contributed by atoms with E-state index < -0.39 is 11.8 Å². The van der Waals surface area contributed by atoms with Crippen LogP contribution in [0.1, 0.15) is 22.5 Å². The van der Waals surface area contributed by atoms with Gasteiger partial charge in [0.15, 0.2) is 11.5 Å². The second-order valence-electron chi connectivity index (χ2n) is 5.96. The first-order valence-corrected chi connectivity index (χ1v) is 7.91. The Labute approximate surface area is 145 Å². The minimum Gasteiger partial charge on any atom is -0.341 e. The van der Waals surface area contributed by atoms with Crippen molar-refractivity contribution in [3.8, 4) is 0 Å². The Morgan fingerprint density at radius 2 is 1.76 bits per heavy atom. The fourth-order valence-corrected chi connectivity index (χ4v) is 2.80. The molecule has 2 heterocycles. The second kappa shape index (κ2) is 6.72. The van der Waals surface area contributed by atoms with Gasteiger partial charge in [0.05, 0.1) is 6.54 Å². The highest BCUT2D eigenvalue weighted by Gasteiger charge is 2.17. The molecule has 3 rings (SSSR count). The zero-order valence-corrected chi connectivity index (χ0v) is 14.3. The van der Waals surface area contributed by atoms with E-state index in [2.05, 4.69) is 20.8 Å². The molecular formula is C18H19N5O2. The quantitative estimate of drug-likeness (QED) is 0.715. The van der Waals surface area contributed by atoms with Crippen LogP contribution in [0.25, 0.3) is 5.65 Å². The summed E-state index contributed by atoms with van der Waals surface area (Å²) in [6.45, 7) is 5.90. The number of hydrogen-bond acceptors (Lipinski definition) is 4. The van der Waals surface area contributed by atoms with Gasteiger partial charge in [0.2, 0.25) is 0 Å². The standard InChI is InChI=1S/C18H19N5O2/c1-11-8-12(2)16(13(3)9-11)20-18(25)17(24)19-10-15-22-21-14-6-4-5-7-23(14)15/h4-9H,10H2,1-3H3,(H,19,24)(H,20,25). The van der Waals surface area contributed by atoms with Crippen molar-refractivity contribution in [2.45, 2.75) is 27.3 Å². The molecule has 1 aromatic carbocycles. The number of rotatable bonds is 3. The van der Waals surface area contributed by atoms with Crippen LogP contribution in [0.4, 0.5) is 5.69 Å². The summed E-state index contributed by atoms with van der Waals surface area (Å²) >= 11 is 0. The summed E-state index contributed by atoms with van der Waals surface area (Å²) < 4.78 is 1.76. The molecule has 7 nitrogen and oxygen atoms in total. The molecule has 0 aliphatic rings. The van der Waals surface area contributed by atoms with Crippen LogP contribution in [-0.4, -0.2) is 26.4 Å². The molecule has 0 bridgehead atoms. The zero-order valence-electron chi connectivity index (χ0n) is 14.3. The summed E-state index contributed by atoms with van der Waals surface area (Å²) in [4.78, 5) is 24.2. The fourth-order valence-electron chi connectivity index (χ4n) is 2.80. The maximum atomic E-state index is 12.2. The summed E-state index contributed by atoms with van der Waals surface area (Å²) in [7, 11) is 0. The molecule has 25 heavy (non-hydrogen) atoms. The summed E-state index contributed by atoms with van der Waals surface area (Å²) in [5, 5.41) is 13.3. The van der Waals surface area contributed by atoms with E-state index in [-0.39, 0.29) is 6.54 Å². The molecule has 0 unspecified atom stereocenters.